The lowest BCUT2D eigenvalue weighted by molar-refractivity contribution is 0.241. The van der Waals surface area contributed by atoms with Gasteiger partial charge in [0, 0.05) is 18.9 Å². The predicted molar refractivity (Wildman–Crippen MR) is 101 cm³/mol. The van der Waals surface area contributed by atoms with Crippen LogP contribution in [0.5, 0.6) is 0 Å². The first-order chi connectivity index (χ1) is 13.3. The van der Waals surface area contributed by atoms with E-state index in [1.807, 2.05) is 30.5 Å². The van der Waals surface area contributed by atoms with Gasteiger partial charge in [0.2, 0.25) is 5.95 Å². The fraction of sp³-hybridized carbons (Fsp3) is 0.250. The molecule has 0 aromatic carbocycles. The van der Waals surface area contributed by atoms with Crippen LogP contribution in [0.3, 0.4) is 0 Å². The number of pyridine rings is 2. The molecule has 7 nitrogen and oxygen atoms in total. The van der Waals surface area contributed by atoms with E-state index in [0.29, 0.717) is 11.6 Å². The molecule has 1 aliphatic heterocycles. The Bertz CT molecular complexity index is 935. The monoisotopic (exact) mass is 357 g/mol. The molecule has 3 aromatic rings. The van der Waals surface area contributed by atoms with E-state index in [4.69, 9.17) is 10.2 Å². The number of hydrogen-bond acceptors (Lipinski definition) is 7. The lowest BCUT2D eigenvalue weighted by Gasteiger charge is -2.23. The molecule has 27 heavy (non-hydrogen) atoms. The standard InChI is InChI=1S/C20H19N7/c21-12-15-6-7-16(13-24-15)25-20-23-10-8-18(26-20)19-5-3-11-27(19)14-17-4-1-2-9-22-17/h1-2,4,6-10,13,19H,3,5,11,14H2,(H,23,25,26)/t19-/m0/s1. The SMILES string of the molecule is N#Cc1ccc(Nc2nccc([C@@H]3CCCN3Cc3ccccn3)n2)cn1. The fourth-order valence-electron chi connectivity index (χ4n) is 3.33. The molecule has 3 aromatic heterocycles. The Balaban J connectivity index is 1.50. The zero-order valence-corrected chi connectivity index (χ0v) is 14.8. The minimum absolute atomic E-state index is 0.259. The van der Waals surface area contributed by atoms with Crippen LogP contribution in [-0.2, 0) is 6.54 Å². The van der Waals surface area contributed by atoms with Gasteiger partial charge in [-0.15, -0.1) is 0 Å². The summed E-state index contributed by atoms with van der Waals surface area (Å²) in [6, 6.07) is 13.7. The molecule has 0 unspecified atom stereocenters. The molecule has 4 rings (SSSR count). The Morgan fingerprint density at radius 2 is 2.07 bits per heavy atom. The van der Waals surface area contributed by atoms with Crippen molar-refractivity contribution < 1.29 is 0 Å². The Morgan fingerprint density at radius 1 is 1.11 bits per heavy atom. The maximum absolute atomic E-state index is 8.84. The molecular formula is C20H19N7. The van der Waals surface area contributed by atoms with Gasteiger partial charge in [0.05, 0.1) is 29.3 Å². The molecular weight excluding hydrogens is 338 g/mol. The molecule has 1 atom stereocenters. The third kappa shape index (κ3) is 4.07. The van der Waals surface area contributed by atoms with Crippen molar-refractivity contribution in [2.24, 2.45) is 0 Å². The van der Waals surface area contributed by atoms with Crippen molar-refractivity contribution in [1.29, 1.82) is 5.26 Å². The van der Waals surface area contributed by atoms with Crippen molar-refractivity contribution in [1.82, 2.24) is 24.8 Å². The van der Waals surface area contributed by atoms with Gasteiger partial charge in [-0.3, -0.25) is 9.88 Å². The third-order valence-corrected chi connectivity index (χ3v) is 4.61. The van der Waals surface area contributed by atoms with Crippen LogP contribution in [0.1, 0.15) is 36.0 Å². The first kappa shape index (κ1) is 17.1. The maximum Gasteiger partial charge on any atom is 0.227 e. The summed E-state index contributed by atoms with van der Waals surface area (Å²) >= 11 is 0. The second-order valence-corrected chi connectivity index (χ2v) is 6.42. The molecule has 0 saturated carbocycles. The normalized spacial score (nSPS) is 16.8. The Labute approximate surface area is 157 Å². The zero-order chi connectivity index (χ0) is 18.5. The number of rotatable bonds is 5. The highest BCUT2D eigenvalue weighted by molar-refractivity contribution is 5.52. The van der Waals surface area contributed by atoms with Crippen LogP contribution >= 0.6 is 0 Å². The summed E-state index contributed by atoms with van der Waals surface area (Å²) in [5.74, 6) is 0.531. The third-order valence-electron chi connectivity index (χ3n) is 4.61. The fourth-order valence-corrected chi connectivity index (χ4v) is 3.33. The molecule has 1 N–H and O–H groups in total. The van der Waals surface area contributed by atoms with Gasteiger partial charge in [-0.25, -0.2) is 15.0 Å². The topological polar surface area (TPSA) is 90.6 Å². The molecule has 1 aliphatic rings. The van der Waals surface area contributed by atoms with Crippen LogP contribution in [0, 0.1) is 11.3 Å². The first-order valence-electron chi connectivity index (χ1n) is 8.92. The summed E-state index contributed by atoms with van der Waals surface area (Å²) in [5, 5.41) is 12.0. The highest BCUT2D eigenvalue weighted by Crippen LogP contribution is 2.32. The molecule has 0 bridgehead atoms. The minimum Gasteiger partial charge on any atom is -0.323 e. The quantitative estimate of drug-likeness (QED) is 0.749. The van der Waals surface area contributed by atoms with Crippen molar-refractivity contribution in [2.45, 2.75) is 25.4 Å². The lowest BCUT2D eigenvalue weighted by Crippen LogP contribution is -2.24. The summed E-state index contributed by atoms with van der Waals surface area (Å²) in [5.41, 5.74) is 3.21. The predicted octanol–water partition coefficient (Wildman–Crippen LogP) is 3.22. The van der Waals surface area contributed by atoms with E-state index in [-0.39, 0.29) is 6.04 Å². The van der Waals surface area contributed by atoms with E-state index in [2.05, 4.69) is 31.2 Å². The van der Waals surface area contributed by atoms with E-state index >= 15 is 0 Å². The van der Waals surface area contributed by atoms with Gasteiger partial charge in [-0.1, -0.05) is 6.07 Å². The number of nitrogens with one attached hydrogen (secondary N) is 1. The number of anilines is 2. The summed E-state index contributed by atoms with van der Waals surface area (Å²) in [4.78, 5) is 19.9. The van der Waals surface area contributed by atoms with Gasteiger partial charge in [0.1, 0.15) is 11.8 Å². The van der Waals surface area contributed by atoms with E-state index in [9.17, 15) is 0 Å². The Hall–Kier alpha value is -3.37. The molecule has 0 aliphatic carbocycles. The number of likely N-dealkylation sites (tertiary alicyclic amines) is 1. The van der Waals surface area contributed by atoms with E-state index in [0.717, 1.165) is 43.0 Å². The molecule has 1 saturated heterocycles. The summed E-state index contributed by atoms with van der Waals surface area (Å²) < 4.78 is 0. The maximum atomic E-state index is 8.84. The molecule has 0 radical (unpaired) electrons. The highest BCUT2D eigenvalue weighted by atomic mass is 15.2. The number of hydrogen-bond donors (Lipinski definition) is 1. The van der Waals surface area contributed by atoms with Gasteiger partial charge in [-0.05, 0) is 49.7 Å². The van der Waals surface area contributed by atoms with Crippen LogP contribution in [0.25, 0.3) is 0 Å². The van der Waals surface area contributed by atoms with E-state index in [1.165, 1.54) is 0 Å². The van der Waals surface area contributed by atoms with Crippen molar-refractivity contribution in [3.05, 3.63) is 72.1 Å². The molecule has 134 valence electrons. The Kier molecular flexibility index (Phi) is 4.99. The number of nitrogens with zero attached hydrogens (tertiary/aromatic N) is 6. The summed E-state index contributed by atoms with van der Waals surface area (Å²) in [6.07, 6.45) is 7.43. The summed E-state index contributed by atoms with van der Waals surface area (Å²) in [6.45, 7) is 1.85. The summed E-state index contributed by atoms with van der Waals surface area (Å²) in [7, 11) is 0. The lowest BCUT2D eigenvalue weighted by atomic mass is 10.1. The smallest absolute Gasteiger partial charge is 0.227 e. The van der Waals surface area contributed by atoms with Crippen LogP contribution in [0.2, 0.25) is 0 Å². The second-order valence-electron chi connectivity index (χ2n) is 6.42. The first-order valence-corrected chi connectivity index (χ1v) is 8.92. The largest absolute Gasteiger partial charge is 0.323 e. The van der Waals surface area contributed by atoms with Gasteiger partial charge in [-0.2, -0.15) is 5.26 Å². The minimum atomic E-state index is 0.259. The van der Waals surface area contributed by atoms with Crippen LogP contribution in [0.4, 0.5) is 11.6 Å². The van der Waals surface area contributed by atoms with Crippen LogP contribution in [0.15, 0.2) is 55.0 Å². The molecule has 0 spiro atoms. The van der Waals surface area contributed by atoms with Crippen LogP contribution in [-0.4, -0.2) is 31.4 Å². The zero-order valence-electron chi connectivity index (χ0n) is 14.8. The average Bonchev–Trinajstić information content (AvgIpc) is 3.18. The van der Waals surface area contributed by atoms with Crippen molar-refractivity contribution in [3.8, 4) is 6.07 Å². The van der Waals surface area contributed by atoms with Crippen molar-refractivity contribution in [2.75, 3.05) is 11.9 Å². The van der Waals surface area contributed by atoms with Crippen LogP contribution < -0.4 is 5.32 Å². The van der Waals surface area contributed by atoms with Gasteiger partial charge >= 0.3 is 0 Å². The number of nitriles is 1. The van der Waals surface area contributed by atoms with Crippen molar-refractivity contribution in [3.63, 3.8) is 0 Å². The molecule has 0 amide bonds. The van der Waals surface area contributed by atoms with Gasteiger partial charge in [0.25, 0.3) is 0 Å². The molecule has 4 heterocycles. The highest BCUT2D eigenvalue weighted by Gasteiger charge is 2.27. The van der Waals surface area contributed by atoms with Crippen molar-refractivity contribution >= 4 is 11.6 Å². The van der Waals surface area contributed by atoms with Gasteiger partial charge in [0.15, 0.2) is 0 Å². The van der Waals surface area contributed by atoms with E-state index < -0.39 is 0 Å². The Morgan fingerprint density at radius 3 is 2.85 bits per heavy atom. The molecule has 7 heteroatoms. The number of aromatic nitrogens is 4. The second kappa shape index (κ2) is 7.89. The van der Waals surface area contributed by atoms with E-state index in [1.54, 1.807) is 24.5 Å². The van der Waals surface area contributed by atoms with Gasteiger partial charge < -0.3 is 5.32 Å². The molecule has 1 fully saturated rings. The average molecular weight is 357 g/mol.